The molecule has 2 heterocycles. The molecule has 0 aliphatic rings. The van der Waals surface area contributed by atoms with Crippen molar-refractivity contribution in [3.63, 3.8) is 0 Å². The molecular formula is C21H22N4O5. The third-order valence-electron chi connectivity index (χ3n) is 4.18. The number of nitrogens with one attached hydrogen (secondary N) is 1. The molecule has 1 aromatic carbocycles. The SMILES string of the molecule is COc1ccnc(C(=O)N[C@@H](C)c2nnc(-c3cc(C)cc(C)c3)o2)c1OC(C)=O. The Bertz CT molecular complexity index is 1070. The van der Waals surface area contributed by atoms with Crippen LogP contribution in [0.25, 0.3) is 11.5 Å². The Morgan fingerprint density at radius 2 is 1.83 bits per heavy atom. The van der Waals surface area contributed by atoms with Crippen molar-refractivity contribution < 1.29 is 23.5 Å². The molecule has 1 atom stereocenters. The van der Waals surface area contributed by atoms with E-state index in [1.807, 2.05) is 32.0 Å². The van der Waals surface area contributed by atoms with E-state index in [-0.39, 0.29) is 23.1 Å². The molecule has 0 bridgehead atoms. The molecule has 156 valence electrons. The summed E-state index contributed by atoms with van der Waals surface area (Å²) in [5.41, 5.74) is 2.86. The third-order valence-corrected chi connectivity index (χ3v) is 4.18. The maximum absolute atomic E-state index is 12.8. The van der Waals surface area contributed by atoms with Crippen molar-refractivity contribution in [3.8, 4) is 23.0 Å². The van der Waals surface area contributed by atoms with Gasteiger partial charge in [-0.25, -0.2) is 4.98 Å². The molecule has 0 aliphatic carbocycles. The van der Waals surface area contributed by atoms with E-state index in [1.165, 1.54) is 26.3 Å². The van der Waals surface area contributed by atoms with Crippen molar-refractivity contribution >= 4 is 11.9 Å². The van der Waals surface area contributed by atoms with Crippen LogP contribution in [-0.4, -0.2) is 34.2 Å². The number of carbonyl (C=O) groups excluding carboxylic acids is 2. The number of aryl methyl sites for hydroxylation is 2. The van der Waals surface area contributed by atoms with E-state index in [1.54, 1.807) is 6.92 Å². The van der Waals surface area contributed by atoms with E-state index < -0.39 is 17.9 Å². The number of hydrogen-bond acceptors (Lipinski definition) is 8. The van der Waals surface area contributed by atoms with Crippen LogP contribution in [-0.2, 0) is 4.79 Å². The average Bonchev–Trinajstić information content (AvgIpc) is 3.17. The average molecular weight is 410 g/mol. The quantitative estimate of drug-likeness (QED) is 0.616. The van der Waals surface area contributed by atoms with Crippen LogP contribution in [0.15, 0.2) is 34.9 Å². The van der Waals surface area contributed by atoms with Crippen LogP contribution in [0.5, 0.6) is 11.5 Å². The summed E-state index contributed by atoms with van der Waals surface area (Å²) >= 11 is 0. The summed E-state index contributed by atoms with van der Waals surface area (Å²) < 4.78 is 16.0. The second kappa shape index (κ2) is 8.73. The van der Waals surface area contributed by atoms with Gasteiger partial charge in [-0.1, -0.05) is 17.2 Å². The number of ether oxygens (including phenoxy) is 2. The number of benzene rings is 1. The summed E-state index contributed by atoms with van der Waals surface area (Å²) in [4.78, 5) is 28.2. The first kappa shape index (κ1) is 21.0. The molecule has 9 heteroatoms. The standard InChI is InChI=1S/C21H22N4O5/c1-11-8-12(2)10-15(9-11)21-25-24-20(30-21)13(3)23-19(27)17-18(29-14(4)26)16(28-5)6-7-22-17/h6-10,13H,1-5H3,(H,23,27)/t13-/m0/s1. The Kier molecular flexibility index (Phi) is 6.10. The number of esters is 1. The van der Waals surface area contributed by atoms with E-state index in [2.05, 4.69) is 20.5 Å². The predicted molar refractivity (Wildman–Crippen MR) is 107 cm³/mol. The minimum atomic E-state index is -0.608. The fourth-order valence-electron chi connectivity index (χ4n) is 2.95. The summed E-state index contributed by atoms with van der Waals surface area (Å²) in [6.45, 7) is 6.89. The van der Waals surface area contributed by atoms with Crippen molar-refractivity contribution in [1.29, 1.82) is 0 Å². The Hall–Kier alpha value is -3.75. The molecule has 0 fully saturated rings. The molecule has 3 rings (SSSR count). The van der Waals surface area contributed by atoms with Gasteiger partial charge in [-0.05, 0) is 32.9 Å². The number of methoxy groups -OCH3 is 1. The molecule has 30 heavy (non-hydrogen) atoms. The lowest BCUT2D eigenvalue weighted by molar-refractivity contribution is -0.132. The Morgan fingerprint density at radius 3 is 2.47 bits per heavy atom. The molecule has 0 aliphatic heterocycles. The zero-order valence-electron chi connectivity index (χ0n) is 17.3. The number of amides is 1. The van der Waals surface area contributed by atoms with E-state index >= 15 is 0 Å². The van der Waals surface area contributed by atoms with E-state index in [9.17, 15) is 9.59 Å². The summed E-state index contributed by atoms with van der Waals surface area (Å²) in [6.07, 6.45) is 1.39. The number of hydrogen-bond donors (Lipinski definition) is 1. The Labute approximate surface area is 173 Å². The highest BCUT2D eigenvalue weighted by Crippen LogP contribution is 2.30. The van der Waals surface area contributed by atoms with Crippen molar-refractivity contribution in [2.45, 2.75) is 33.7 Å². The molecule has 2 aromatic heterocycles. The van der Waals surface area contributed by atoms with Crippen LogP contribution in [0.2, 0.25) is 0 Å². The second-order valence-corrected chi connectivity index (χ2v) is 6.80. The summed E-state index contributed by atoms with van der Waals surface area (Å²) in [5.74, 6) is -0.429. The normalized spacial score (nSPS) is 11.6. The van der Waals surface area contributed by atoms with Gasteiger partial charge in [-0.15, -0.1) is 10.2 Å². The lowest BCUT2D eigenvalue weighted by Crippen LogP contribution is -2.28. The van der Waals surface area contributed by atoms with Gasteiger partial charge in [0.25, 0.3) is 5.91 Å². The first-order valence-corrected chi connectivity index (χ1v) is 9.22. The van der Waals surface area contributed by atoms with Crippen molar-refractivity contribution in [2.75, 3.05) is 7.11 Å². The summed E-state index contributed by atoms with van der Waals surface area (Å²) in [5, 5.41) is 10.8. The number of nitrogens with zero attached hydrogens (tertiary/aromatic N) is 3. The van der Waals surface area contributed by atoms with Crippen molar-refractivity contribution in [3.05, 3.63) is 53.2 Å². The van der Waals surface area contributed by atoms with Crippen LogP contribution in [0.1, 0.15) is 47.4 Å². The highest BCUT2D eigenvalue weighted by Gasteiger charge is 2.24. The molecule has 0 saturated heterocycles. The molecule has 0 saturated carbocycles. The van der Waals surface area contributed by atoms with E-state index in [4.69, 9.17) is 13.9 Å². The Morgan fingerprint density at radius 1 is 1.13 bits per heavy atom. The highest BCUT2D eigenvalue weighted by atomic mass is 16.6. The maximum Gasteiger partial charge on any atom is 0.308 e. The van der Waals surface area contributed by atoms with Gasteiger partial charge < -0.3 is 19.2 Å². The molecule has 0 unspecified atom stereocenters. The van der Waals surface area contributed by atoms with Gasteiger partial charge in [0.05, 0.1) is 7.11 Å². The van der Waals surface area contributed by atoms with Gasteiger partial charge in [-0.3, -0.25) is 9.59 Å². The van der Waals surface area contributed by atoms with Gasteiger partial charge in [0, 0.05) is 24.8 Å². The molecule has 0 radical (unpaired) electrons. The molecule has 3 aromatic rings. The van der Waals surface area contributed by atoms with Gasteiger partial charge in [0.15, 0.2) is 11.4 Å². The van der Waals surface area contributed by atoms with Crippen LogP contribution in [0, 0.1) is 13.8 Å². The van der Waals surface area contributed by atoms with Gasteiger partial charge in [0.2, 0.25) is 17.5 Å². The summed E-state index contributed by atoms with van der Waals surface area (Å²) in [6, 6.07) is 6.82. The molecule has 1 amide bonds. The molecule has 0 spiro atoms. The minimum Gasteiger partial charge on any atom is -0.493 e. The number of rotatable bonds is 6. The first-order chi connectivity index (χ1) is 14.3. The monoisotopic (exact) mass is 410 g/mol. The predicted octanol–water partition coefficient (Wildman–Crippen LogP) is 3.17. The molecule has 9 nitrogen and oxygen atoms in total. The van der Waals surface area contributed by atoms with Crippen LogP contribution < -0.4 is 14.8 Å². The van der Waals surface area contributed by atoms with Gasteiger partial charge in [-0.2, -0.15) is 0 Å². The largest absolute Gasteiger partial charge is 0.493 e. The van der Waals surface area contributed by atoms with Crippen LogP contribution >= 0.6 is 0 Å². The number of aromatic nitrogens is 3. The van der Waals surface area contributed by atoms with E-state index in [0.29, 0.717) is 5.89 Å². The number of pyridine rings is 1. The molecule has 1 N–H and O–H groups in total. The maximum atomic E-state index is 12.8. The van der Waals surface area contributed by atoms with Crippen LogP contribution in [0.3, 0.4) is 0 Å². The van der Waals surface area contributed by atoms with Crippen molar-refractivity contribution in [1.82, 2.24) is 20.5 Å². The fraction of sp³-hybridized carbons (Fsp3) is 0.286. The summed E-state index contributed by atoms with van der Waals surface area (Å²) in [7, 11) is 1.40. The number of carbonyl (C=O) groups is 2. The molecular weight excluding hydrogens is 388 g/mol. The lowest BCUT2D eigenvalue weighted by atomic mass is 10.1. The zero-order valence-corrected chi connectivity index (χ0v) is 17.3. The van der Waals surface area contributed by atoms with Crippen molar-refractivity contribution in [2.24, 2.45) is 0 Å². The minimum absolute atomic E-state index is 0.0568. The van der Waals surface area contributed by atoms with Gasteiger partial charge >= 0.3 is 5.97 Å². The smallest absolute Gasteiger partial charge is 0.308 e. The topological polar surface area (TPSA) is 116 Å². The van der Waals surface area contributed by atoms with Gasteiger partial charge in [0.1, 0.15) is 6.04 Å². The Balaban J connectivity index is 1.82. The lowest BCUT2D eigenvalue weighted by Gasteiger charge is -2.14. The second-order valence-electron chi connectivity index (χ2n) is 6.80. The fourth-order valence-corrected chi connectivity index (χ4v) is 2.95. The zero-order chi connectivity index (χ0) is 21.8. The first-order valence-electron chi connectivity index (χ1n) is 9.22. The third kappa shape index (κ3) is 4.62. The van der Waals surface area contributed by atoms with E-state index in [0.717, 1.165) is 16.7 Å². The van der Waals surface area contributed by atoms with Crippen LogP contribution in [0.4, 0.5) is 0 Å². The highest BCUT2D eigenvalue weighted by molar-refractivity contribution is 5.96.